The summed E-state index contributed by atoms with van der Waals surface area (Å²) in [6.07, 6.45) is 2.02. The Bertz CT molecular complexity index is 1580. The Balaban J connectivity index is 1.73. The molecule has 0 aromatic heterocycles. The molecule has 2 amide bonds. The Morgan fingerprint density at radius 3 is 1.70 bits per heavy atom. The summed E-state index contributed by atoms with van der Waals surface area (Å²) >= 11 is 0. The normalized spacial score (nSPS) is 12.9. The van der Waals surface area contributed by atoms with E-state index in [9.17, 15) is 24.0 Å². The van der Waals surface area contributed by atoms with Crippen molar-refractivity contribution in [2.75, 3.05) is 6.61 Å². The zero-order chi connectivity index (χ0) is 38.6. The third kappa shape index (κ3) is 16.1. The topological polar surface area (TPSA) is 178 Å². The van der Waals surface area contributed by atoms with Gasteiger partial charge in [-0.25, -0.2) is 4.79 Å². The Kier molecular flexibility index (Phi) is 17.8. The van der Waals surface area contributed by atoms with Crippen LogP contribution in [-0.2, 0) is 62.7 Å². The van der Waals surface area contributed by atoms with Crippen molar-refractivity contribution < 1.29 is 42.9 Å². The first-order valence-corrected chi connectivity index (χ1v) is 18.0. The lowest BCUT2D eigenvalue weighted by Gasteiger charge is -2.30. The zero-order valence-corrected chi connectivity index (χ0v) is 30.9. The third-order valence-corrected chi connectivity index (χ3v) is 8.01. The number of nitrogens with two attached hydrogens (primary N) is 2. The van der Waals surface area contributed by atoms with Crippen LogP contribution in [0.4, 0.5) is 0 Å². The van der Waals surface area contributed by atoms with Gasteiger partial charge in [0, 0.05) is 6.42 Å². The molecule has 0 heterocycles. The van der Waals surface area contributed by atoms with Crippen molar-refractivity contribution in [3.8, 4) is 0 Å². The molecule has 0 saturated heterocycles. The maximum atomic E-state index is 14.0. The maximum absolute atomic E-state index is 14.0. The van der Waals surface area contributed by atoms with E-state index in [1.807, 2.05) is 42.5 Å². The summed E-state index contributed by atoms with van der Waals surface area (Å²) in [4.78, 5) is 67.3. The van der Waals surface area contributed by atoms with Crippen LogP contribution in [0.5, 0.6) is 0 Å². The molecule has 12 nitrogen and oxygen atoms in total. The van der Waals surface area contributed by atoms with Crippen LogP contribution in [0.25, 0.3) is 0 Å². The van der Waals surface area contributed by atoms with Crippen LogP contribution in [0.2, 0.25) is 0 Å². The quantitative estimate of drug-likeness (QED) is 0.0842. The molecule has 3 rings (SSSR count). The van der Waals surface area contributed by atoms with E-state index in [0.717, 1.165) is 16.0 Å². The summed E-state index contributed by atoms with van der Waals surface area (Å²) in [6, 6.07) is 23.5. The molecule has 0 aliphatic heterocycles. The van der Waals surface area contributed by atoms with Gasteiger partial charge in [-0.05, 0) is 50.3 Å². The number of hydrogen-bond acceptors (Lipinski definition) is 11. The van der Waals surface area contributed by atoms with Crippen molar-refractivity contribution in [2.45, 2.75) is 109 Å². The smallest absolute Gasteiger partial charge is 0.332 e. The minimum absolute atomic E-state index is 0.0202. The van der Waals surface area contributed by atoms with Crippen LogP contribution < -0.4 is 11.5 Å². The molecule has 3 atom stereocenters. The minimum atomic E-state index is -1.49. The van der Waals surface area contributed by atoms with Gasteiger partial charge in [0.2, 0.25) is 11.8 Å². The molecule has 4 N–H and O–H groups in total. The highest BCUT2D eigenvalue weighted by atomic mass is 16.6. The molecule has 12 heteroatoms. The Labute approximate surface area is 312 Å². The van der Waals surface area contributed by atoms with Gasteiger partial charge in [0.05, 0.1) is 25.7 Å². The zero-order valence-electron chi connectivity index (χ0n) is 30.9. The number of amides is 2. The van der Waals surface area contributed by atoms with E-state index in [2.05, 4.69) is 0 Å². The van der Waals surface area contributed by atoms with Crippen molar-refractivity contribution in [3.63, 3.8) is 0 Å². The standard InChI is InChI=1S/C41H53N3O9/c1-41(2,3)53-39(48)33(42)23-15-4-5-16-24-36(45)44(38(47)34(43)25-37(46)51-27-31-19-11-7-12-20-31)35(29-50-26-30-17-9-6-10-18-30)40(49)52-28-32-21-13-8-14-22-32/h6-14,17-22,33-35H,4-5,15-16,23-29,42-43H2,1-3H3/t33?,34-,35-/m0/s1. The molecule has 1 unspecified atom stereocenters. The highest BCUT2D eigenvalue weighted by molar-refractivity contribution is 6.02. The van der Waals surface area contributed by atoms with E-state index >= 15 is 0 Å². The molecule has 0 saturated carbocycles. The summed E-state index contributed by atoms with van der Waals surface area (Å²) in [7, 11) is 0. The van der Waals surface area contributed by atoms with Gasteiger partial charge in [0.1, 0.15) is 24.9 Å². The lowest BCUT2D eigenvalue weighted by molar-refractivity contribution is -0.166. The predicted molar refractivity (Wildman–Crippen MR) is 198 cm³/mol. The third-order valence-electron chi connectivity index (χ3n) is 8.01. The second-order valence-corrected chi connectivity index (χ2v) is 13.8. The van der Waals surface area contributed by atoms with Gasteiger partial charge >= 0.3 is 17.9 Å². The summed E-state index contributed by atoms with van der Waals surface area (Å²) in [6.45, 7) is 4.93. The Morgan fingerprint density at radius 1 is 0.642 bits per heavy atom. The van der Waals surface area contributed by atoms with Crippen molar-refractivity contribution in [1.29, 1.82) is 0 Å². The van der Waals surface area contributed by atoms with Gasteiger partial charge in [-0.15, -0.1) is 0 Å². The molecule has 3 aromatic carbocycles. The molecule has 0 aliphatic rings. The van der Waals surface area contributed by atoms with Crippen LogP contribution in [-0.4, -0.2) is 65.0 Å². The van der Waals surface area contributed by atoms with Crippen molar-refractivity contribution in [2.24, 2.45) is 11.5 Å². The Hall–Kier alpha value is -4.91. The summed E-state index contributed by atoms with van der Waals surface area (Å²) < 4.78 is 22.2. The minimum Gasteiger partial charge on any atom is -0.461 e. The molecule has 0 fully saturated rings. The average molecular weight is 732 g/mol. The van der Waals surface area contributed by atoms with Crippen LogP contribution in [0, 0.1) is 0 Å². The first-order chi connectivity index (χ1) is 25.3. The van der Waals surface area contributed by atoms with Crippen molar-refractivity contribution in [1.82, 2.24) is 4.90 Å². The molecule has 0 spiro atoms. The molecular weight excluding hydrogens is 678 g/mol. The van der Waals surface area contributed by atoms with Gasteiger partial charge in [-0.2, -0.15) is 0 Å². The number of carbonyl (C=O) groups excluding carboxylic acids is 5. The predicted octanol–water partition coefficient (Wildman–Crippen LogP) is 5.14. The monoisotopic (exact) mass is 731 g/mol. The first-order valence-electron chi connectivity index (χ1n) is 18.0. The summed E-state index contributed by atoms with van der Waals surface area (Å²) in [5.74, 6) is -3.67. The molecular formula is C41H53N3O9. The van der Waals surface area contributed by atoms with E-state index in [-0.39, 0.29) is 32.8 Å². The van der Waals surface area contributed by atoms with Crippen molar-refractivity contribution in [3.05, 3.63) is 108 Å². The van der Waals surface area contributed by atoms with E-state index in [4.69, 9.17) is 30.4 Å². The summed E-state index contributed by atoms with van der Waals surface area (Å²) in [5, 5.41) is 0. The number of imide groups is 1. The number of nitrogens with zero attached hydrogens (tertiary/aromatic N) is 1. The lowest BCUT2D eigenvalue weighted by atomic mass is 10.1. The fraction of sp³-hybridized carbons (Fsp3) is 0.439. The van der Waals surface area contributed by atoms with Gasteiger partial charge < -0.3 is 30.4 Å². The number of unbranched alkanes of at least 4 members (excludes halogenated alkanes) is 3. The van der Waals surface area contributed by atoms with E-state index in [1.165, 1.54) is 0 Å². The van der Waals surface area contributed by atoms with Crippen molar-refractivity contribution >= 4 is 29.7 Å². The fourth-order valence-corrected chi connectivity index (χ4v) is 5.24. The van der Waals surface area contributed by atoms with Crippen LogP contribution in [0.3, 0.4) is 0 Å². The molecule has 0 bridgehead atoms. The molecule has 0 radical (unpaired) electrons. The number of hydrogen-bond donors (Lipinski definition) is 2. The summed E-state index contributed by atoms with van der Waals surface area (Å²) in [5.41, 5.74) is 13.9. The molecule has 3 aromatic rings. The second kappa shape index (κ2) is 22.2. The van der Waals surface area contributed by atoms with Crippen LogP contribution in [0.1, 0.15) is 82.4 Å². The number of esters is 3. The maximum Gasteiger partial charge on any atom is 0.332 e. The van der Waals surface area contributed by atoms with Gasteiger partial charge in [-0.3, -0.25) is 24.1 Å². The largest absolute Gasteiger partial charge is 0.461 e. The first kappa shape index (κ1) is 42.5. The number of carbonyl (C=O) groups is 5. The van der Waals surface area contributed by atoms with Gasteiger partial charge in [0.25, 0.3) is 0 Å². The Morgan fingerprint density at radius 2 is 1.15 bits per heavy atom. The molecule has 0 aliphatic carbocycles. The number of rotatable bonds is 21. The number of benzene rings is 3. The van der Waals surface area contributed by atoms with Crippen LogP contribution in [0.15, 0.2) is 91.0 Å². The highest BCUT2D eigenvalue weighted by Gasteiger charge is 2.39. The van der Waals surface area contributed by atoms with Gasteiger partial charge in [0.15, 0.2) is 6.04 Å². The number of ether oxygens (including phenoxy) is 4. The van der Waals surface area contributed by atoms with E-state index < -0.39 is 59.9 Å². The lowest BCUT2D eigenvalue weighted by Crippen LogP contribution is -2.56. The fourth-order valence-electron chi connectivity index (χ4n) is 5.24. The SMILES string of the molecule is CC(C)(C)OC(=O)C(N)CCCCCCC(=O)N(C(=O)[C@@H](N)CC(=O)OCc1ccccc1)[C@@H](COCc1ccccc1)C(=O)OCc1ccccc1. The average Bonchev–Trinajstić information content (AvgIpc) is 3.14. The highest BCUT2D eigenvalue weighted by Crippen LogP contribution is 2.17. The van der Waals surface area contributed by atoms with E-state index in [0.29, 0.717) is 37.7 Å². The van der Waals surface area contributed by atoms with E-state index in [1.54, 1.807) is 69.3 Å². The van der Waals surface area contributed by atoms with Gasteiger partial charge in [-0.1, -0.05) is 110 Å². The van der Waals surface area contributed by atoms with Crippen LogP contribution >= 0.6 is 0 Å². The second-order valence-electron chi connectivity index (χ2n) is 13.8. The molecule has 53 heavy (non-hydrogen) atoms. The molecule has 286 valence electrons.